The van der Waals surface area contributed by atoms with Gasteiger partial charge in [0.25, 0.3) is 0 Å². The summed E-state index contributed by atoms with van der Waals surface area (Å²) in [5.74, 6) is -0.681. The Bertz CT molecular complexity index is 534. The van der Waals surface area contributed by atoms with E-state index < -0.39 is 19.9 Å². The SMILES string of the molecule is N#CC(Cl)(Cl)CS(=O)(=O)c1cccc(Cl)c1. The van der Waals surface area contributed by atoms with Crippen LogP contribution in [0.25, 0.3) is 0 Å². The zero-order valence-corrected chi connectivity index (χ0v) is 10.9. The van der Waals surface area contributed by atoms with Gasteiger partial charge in [0.2, 0.25) is 4.33 Å². The minimum absolute atomic E-state index is 0.0130. The molecule has 0 aliphatic heterocycles. The fourth-order valence-corrected chi connectivity index (χ4v) is 3.43. The second kappa shape index (κ2) is 4.80. The van der Waals surface area contributed by atoms with Crippen LogP contribution in [-0.2, 0) is 9.84 Å². The van der Waals surface area contributed by atoms with Gasteiger partial charge in [0.1, 0.15) is 11.8 Å². The van der Waals surface area contributed by atoms with Gasteiger partial charge in [-0.2, -0.15) is 5.26 Å². The summed E-state index contributed by atoms with van der Waals surface area (Å²) >= 11 is 16.6. The van der Waals surface area contributed by atoms with Crippen molar-refractivity contribution >= 4 is 44.6 Å². The Morgan fingerprint density at radius 1 is 1.38 bits per heavy atom. The molecule has 7 heteroatoms. The van der Waals surface area contributed by atoms with Crippen LogP contribution in [0.2, 0.25) is 5.02 Å². The summed E-state index contributed by atoms with van der Waals surface area (Å²) in [6, 6.07) is 7.17. The molecule has 0 amide bonds. The molecule has 1 aromatic carbocycles. The molecule has 16 heavy (non-hydrogen) atoms. The van der Waals surface area contributed by atoms with Crippen LogP contribution in [0.1, 0.15) is 0 Å². The lowest BCUT2D eigenvalue weighted by Crippen LogP contribution is -2.23. The van der Waals surface area contributed by atoms with Crippen molar-refractivity contribution in [1.29, 1.82) is 5.26 Å². The van der Waals surface area contributed by atoms with Crippen LogP contribution in [0.3, 0.4) is 0 Å². The normalized spacial score (nSPS) is 12.1. The quantitative estimate of drug-likeness (QED) is 0.806. The van der Waals surface area contributed by atoms with Gasteiger partial charge < -0.3 is 0 Å². The van der Waals surface area contributed by atoms with Gasteiger partial charge in [-0.25, -0.2) is 8.42 Å². The molecular weight excluding hydrogens is 293 g/mol. The van der Waals surface area contributed by atoms with Crippen LogP contribution in [-0.4, -0.2) is 18.5 Å². The Labute approximate surface area is 108 Å². The lowest BCUT2D eigenvalue weighted by molar-refractivity contribution is 0.595. The minimum atomic E-state index is -3.72. The minimum Gasteiger partial charge on any atom is -0.224 e. The van der Waals surface area contributed by atoms with Crippen LogP contribution >= 0.6 is 34.8 Å². The standard InChI is InChI=1S/C9H6Cl3NO2S/c10-7-2-1-3-8(4-7)16(14,15)6-9(11,12)5-13/h1-4H,6H2. The smallest absolute Gasteiger partial charge is 0.217 e. The number of sulfone groups is 1. The van der Waals surface area contributed by atoms with E-state index in [0.717, 1.165) is 0 Å². The molecule has 0 radical (unpaired) electrons. The monoisotopic (exact) mass is 297 g/mol. The summed E-state index contributed by atoms with van der Waals surface area (Å²) in [5.41, 5.74) is 0. The van der Waals surface area contributed by atoms with Gasteiger partial charge in [-0.05, 0) is 18.2 Å². The van der Waals surface area contributed by atoms with E-state index in [1.165, 1.54) is 24.3 Å². The van der Waals surface area contributed by atoms with E-state index in [1.807, 2.05) is 0 Å². The number of hydrogen-bond donors (Lipinski definition) is 0. The van der Waals surface area contributed by atoms with Crippen molar-refractivity contribution in [2.45, 2.75) is 9.23 Å². The van der Waals surface area contributed by atoms with Gasteiger partial charge >= 0.3 is 0 Å². The number of nitriles is 1. The Kier molecular flexibility index (Phi) is 4.08. The first-order valence-electron chi connectivity index (χ1n) is 4.04. The van der Waals surface area contributed by atoms with E-state index in [0.29, 0.717) is 0 Å². The number of benzene rings is 1. The molecule has 0 saturated heterocycles. The number of alkyl halides is 2. The summed E-state index contributed by atoms with van der Waals surface area (Å²) in [6.45, 7) is 0. The van der Waals surface area contributed by atoms with Crippen LogP contribution in [0.4, 0.5) is 0 Å². The highest BCUT2D eigenvalue weighted by Crippen LogP contribution is 2.26. The van der Waals surface area contributed by atoms with Gasteiger partial charge in [-0.1, -0.05) is 40.9 Å². The molecule has 0 atom stereocenters. The topological polar surface area (TPSA) is 57.9 Å². The van der Waals surface area contributed by atoms with Crippen LogP contribution < -0.4 is 0 Å². The van der Waals surface area contributed by atoms with Crippen molar-refractivity contribution in [3.63, 3.8) is 0 Å². The molecule has 0 aliphatic rings. The third kappa shape index (κ3) is 3.53. The maximum absolute atomic E-state index is 11.8. The predicted molar refractivity (Wildman–Crippen MR) is 63.6 cm³/mol. The van der Waals surface area contributed by atoms with Gasteiger partial charge in [0.15, 0.2) is 9.84 Å². The predicted octanol–water partition coefficient (Wildman–Crippen LogP) is 2.81. The van der Waals surface area contributed by atoms with E-state index in [9.17, 15) is 8.42 Å². The number of hydrogen-bond acceptors (Lipinski definition) is 3. The van der Waals surface area contributed by atoms with Crippen LogP contribution in [0.15, 0.2) is 29.2 Å². The highest BCUT2D eigenvalue weighted by Gasteiger charge is 2.32. The summed E-state index contributed by atoms with van der Waals surface area (Å²) in [7, 11) is -3.72. The number of nitrogens with zero attached hydrogens (tertiary/aromatic N) is 1. The molecule has 0 unspecified atom stereocenters. The van der Waals surface area contributed by atoms with Crippen molar-refractivity contribution < 1.29 is 8.42 Å². The molecule has 0 spiro atoms. The van der Waals surface area contributed by atoms with E-state index in [-0.39, 0.29) is 9.92 Å². The summed E-state index contributed by atoms with van der Waals surface area (Å²) in [5, 5.41) is 8.84. The lowest BCUT2D eigenvalue weighted by atomic mass is 10.4. The van der Waals surface area contributed by atoms with Crippen LogP contribution in [0, 0.1) is 11.3 Å². The Hall–Kier alpha value is -0.470. The Morgan fingerprint density at radius 3 is 2.50 bits per heavy atom. The molecule has 0 heterocycles. The molecule has 0 fully saturated rings. The van der Waals surface area contributed by atoms with E-state index >= 15 is 0 Å². The van der Waals surface area contributed by atoms with E-state index in [1.54, 1.807) is 6.07 Å². The van der Waals surface area contributed by atoms with Crippen molar-refractivity contribution in [1.82, 2.24) is 0 Å². The molecule has 0 aromatic heterocycles. The lowest BCUT2D eigenvalue weighted by Gasteiger charge is -2.10. The summed E-state index contributed by atoms with van der Waals surface area (Å²) < 4.78 is 21.6. The first-order valence-corrected chi connectivity index (χ1v) is 6.83. The Morgan fingerprint density at radius 2 is 2.00 bits per heavy atom. The maximum atomic E-state index is 11.8. The third-order valence-corrected chi connectivity index (χ3v) is 4.46. The zero-order valence-electron chi connectivity index (χ0n) is 7.82. The Balaban J connectivity index is 3.10. The van der Waals surface area contributed by atoms with E-state index in [2.05, 4.69) is 0 Å². The highest BCUT2D eigenvalue weighted by molar-refractivity contribution is 7.91. The fourth-order valence-electron chi connectivity index (χ4n) is 1.01. The molecule has 86 valence electrons. The number of rotatable bonds is 3. The molecule has 1 aromatic rings. The van der Waals surface area contributed by atoms with Crippen molar-refractivity contribution in [2.24, 2.45) is 0 Å². The van der Waals surface area contributed by atoms with Gasteiger partial charge in [-0.15, -0.1) is 0 Å². The molecule has 3 nitrogen and oxygen atoms in total. The molecule has 0 saturated carbocycles. The van der Waals surface area contributed by atoms with Gasteiger partial charge in [0, 0.05) is 5.02 Å². The first-order chi connectivity index (χ1) is 7.27. The molecule has 0 N–H and O–H groups in total. The second-order valence-corrected chi connectivity index (χ2v) is 6.94. The van der Waals surface area contributed by atoms with Crippen LogP contribution in [0.5, 0.6) is 0 Å². The van der Waals surface area contributed by atoms with Crippen molar-refractivity contribution in [2.75, 3.05) is 5.75 Å². The van der Waals surface area contributed by atoms with Gasteiger partial charge in [0.05, 0.1) is 4.90 Å². The summed E-state index contributed by atoms with van der Waals surface area (Å²) in [4.78, 5) is -0.0130. The fraction of sp³-hybridized carbons (Fsp3) is 0.222. The maximum Gasteiger partial charge on any atom is 0.217 e. The second-order valence-electron chi connectivity index (χ2n) is 3.03. The third-order valence-electron chi connectivity index (χ3n) is 1.69. The molecule has 1 rings (SSSR count). The van der Waals surface area contributed by atoms with Gasteiger partial charge in [-0.3, -0.25) is 0 Å². The average molecular weight is 299 g/mol. The van der Waals surface area contributed by atoms with Crippen molar-refractivity contribution in [3.05, 3.63) is 29.3 Å². The van der Waals surface area contributed by atoms with E-state index in [4.69, 9.17) is 40.1 Å². The highest BCUT2D eigenvalue weighted by atomic mass is 35.5. The first kappa shape index (κ1) is 13.6. The molecule has 0 aliphatic carbocycles. The molecular formula is C9H6Cl3NO2S. The van der Waals surface area contributed by atoms with Crippen molar-refractivity contribution in [3.8, 4) is 6.07 Å². The zero-order chi connectivity index (χ0) is 12.4. The summed E-state index contributed by atoms with van der Waals surface area (Å²) in [6.07, 6.45) is 0. The number of halogens is 3. The molecule has 0 bridgehead atoms. The average Bonchev–Trinajstić information content (AvgIpc) is 2.16. The largest absolute Gasteiger partial charge is 0.224 e.